The molecule has 0 saturated carbocycles. The summed E-state index contributed by atoms with van der Waals surface area (Å²) in [5, 5.41) is 0. The SMILES string of the molecule is COc1ccc(/C=C/CCCC(=O)C=[N+]=[N-])cc1. The van der Waals surface area contributed by atoms with Gasteiger partial charge in [0.15, 0.2) is 0 Å². The zero-order valence-corrected chi connectivity index (χ0v) is 10.4. The van der Waals surface area contributed by atoms with Crippen molar-refractivity contribution in [2.45, 2.75) is 19.3 Å². The zero-order valence-electron chi connectivity index (χ0n) is 10.4. The summed E-state index contributed by atoms with van der Waals surface area (Å²) in [4.78, 5) is 13.7. The van der Waals surface area contributed by atoms with E-state index in [-0.39, 0.29) is 5.78 Å². The number of allylic oxidation sites excluding steroid dienone is 1. The first kappa shape index (κ1) is 13.9. The lowest BCUT2D eigenvalue weighted by Crippen LogP contribution is -1.98. The molecule has 0 unspecified atom stereocenters. The van der Waals surface area contributed by atoms with Crippen molar-refractivity contribution in [1.29, 1.82) is 0 Å². The maximum Gasteiger partial charge on any atom is 0.323 e. The molecule has 1 aromatic rings. The summed E-state index contributed by atoms with van der Waals surface area (Å²) in [6.07, 6.45) is 6.92. The number of benzene rings is 1. The fraction of sp³-hybridized carbons (Fsp3) is 0.286. The topological polar surface area (TPSA) is 62.7 Å². The Hall–Kier alpha value is -2.19. The number of rotatable bonds is 7. The molecule has 0 bridgehead atoms. The minimum atomic E-state index is -0.157. The maximum atomic E-state index is 11.0. The predicted octanol–water partition coefficient (Wildman–Crippen LogP) is 2.75. The third kappa shape index (κ3) is 5.23. The van der Waals surface area contributed by atoms with Crippen LogP contribution in [-0.2, 0) is 4.79 Å². The van der Waals surface area contributed by atoms with Crippen LogP contribution in [-0.4, -0.2) is 23.9 Å². The molecule has 0 aliphatic heterocycles. The molecule has 0 amide bonds. The molecule has 4 heteroatoms. The monoisotopic (exact) mass is 244 g/mol. The largest absolute Gasteiger partial charge is 0.497 e. The van der Waals surface area contributed by atoms with Crippen LogP contribution in [0.2, 0.25) is 0 Å². The van der Waals surface area contributed by atoms with Crippen molar-refractivity contribution in [3.8, 4) is 5.75 Å². The van der Waals surface area contributed by atoms with Gasteiger partial charge in [0.05, 0.1) is 7.11 Å². The molecule has 0 heterocycles. The van der Waals surface area contributed by atoms with E-state index in [0.29, 0.717) is 6.42 Å². The van der Waals surface area contributed by atoms with Crippen molar-refractivity contribution in [1.82, 2.24) is 0 Å². The number of ketones is 1. The van der Waals surface area contributed by atoms with E-state index in [1.807, 2.05) is 36.4 Å². The van der Waals surface area contributed by atoms with Gasteiger partial charge < -0.3 is 10.3 Å². The van der Waals surface area contributed by atoms with E-state index < -0.39 is 0 Å². The van der Waals surface area contributed by atoms with E-state index in [1.54, 1.807) is 7.11 Å². The van der Waals surface area contributed by atoms with Gasteiger partial charge in [0.2, 0.25) is 5.78 Å². The van der Waals surface area contributed by atoms with E-state index in [0.717, 1.165) is 30.4 Å². The van der Waals surface area contributed by atoms with Crippen molar-refractivity contribution in [2.75, 3.05) is 7.11 Å². The van der Waals surface area contributed by atoms with Gasteiger partial charge in [-0.1, -0.05) is 24.3 Å². The Morgan fingerprint density at radius 3 is 2.72 bits per heavy atom. The van der Waals surface area contributed by atoms with Gasteiger partial charge in [-0.15, -0.1) is 0 Å². The second-order valence-corrected chi connectivity index (χ2v) is 3.78. The van der Waals surface area contributed by atoms with E-state index in [9.17, 15) is 4.79 Å². The van der Waals surface area contributed by atoms with Crippen LogP contribution in [0.25, 0.3) is 11.6 Å². The first-order valence-electron chi connectivity index (χ1n) is 5.77. The Labute approximate surface area is 107 Å². The lowest BCUT2D eigenvalue weighted by atomic mass is 10.1. The minimum Gasteiger partial charge on any atom is -0.497 e. The van der Waals surface area contributed by atoms with Gasteiger partial charge >= 0.3 is 6.21 Å². The average molecular weight is 244 g/mol. The van der Waals surface area contributed by atoms with Gasteiger partial charge in [-0.2, -0.15) is 4.79 Å². The van der Waals surface area contributed by atoms with Gasteiger partial charge in [-0.25, -0.2) is 0 Å². The molecule has 0 aliphatic carbocycles. The summed E-state index contributed by atoms with van der Waals surface area (Å²) in [5.74, 6) is 0.677. The van der Waals surface area contributed by atoms with Gasteiger partial charge in [-0.3, -0.25) is 4.79 Å². The molecule has 18 heavy (non-hydrogen) atoms. The number of hydrogen-bond acceptors (Lipinski definition) is 2. The smallest absolute Gasteiger partial charge is 0.323 e. The Bertz CT molecular complexity index is 457. The Balaban J connectivity index is 2.31. The molecule has 0 spiro atoms. The first-order chi connectivity index (χ1) is 8.76. The Kier molecular flexibility index (Phi) is 6.15. The number of carbonyl (C=O) groups excluding carboxylic acids is 1. The van der Waals surface area contributed by atoms with Crippen LogP contribution >= 0.6 is 0 Å². The predicted molar refractivity (Wildman–Crippen MR) is 70.6 cm³/mol. The lowest BCUT2D eigenvalue weighted by molar-refractivity contribution is -0.116. The summed E-state index contributed by atoms with van der Waals surface area (Å²) in [6, 6.07) is 7.75. The summed E-state index contributed by atoms with van der Waals surface area (Å²) in [5.41, 5.74) is 9.25. The second kappa shape index (κ2) is 7.98. The number of carbonyl (C=O) groups is 1. The van der Waals surface area contributed by atoms with E-state index in [2.05, 4.69) is 4.79 Å². The Morgan fingerprint density at radius 2 is 2.11 bits per heavy atom. The summed E-state index contributed by atoms with van der Waals surface area (Å²) in [7, 11) is 1.64. The van der Waals surface area contributed by atoms with E-state index in [4.69, 9.17) is 10.3 Å². The summed E-state index contributed by atoms with van der Waals surface area (Å²) < 4.78 is 5.07. The van der Waals surface area contributed by atoms with Crippen molar-refractivity contribution in [3.63, 3.8) is 0 Å². The number of methoxy groups -OCH3 is 1. The lowest BCUT2D eigenvalue weighted by Gasteiger charge is -1.98. The molecule has 0 atom stereocenters. The van der Waals surface area contributed by atoms with E-state index in [1.165, 1.54) is 0 Å². The number of Topliss-reactive ketones (excluding diaryl/α,β-unsaturated/α-hetero) is 1. The molecule has 0 saturated heterocycles. The highest BCUT2D eigenvalue weighted by Crippen LogP contribution is 2.12. The molecule has 0 aliphatic rings. The molecule has 94 valence electrons. The number of ether oxygens (including phenoxy) is 1. The van der Waals surface area contributed by atoms with Gasteiger partial charge in [0.1, 0.15) is 5.75 Å². The molecular formula is C14H16N2O2. The third-order valence-electron chi connectivity index (χ3n) is 2.42. The van der Waals surface area contributed by atoms with Crippen LogP contribution in [0.15, 0.2) is 30.3 Å². The number of unbranched alkanes of at least 4 members (excludes halogenated alkanes) is 1. The molecule has 0 radical (unpaired) electrons. The normalized spacial score (nSPS) is 10.1. The molecular weight excluding hydrogens is 228 g/mol. The van der Waals surface area contributed by atoms with Crippen molar-refractivity contribution >= 4 is 18.1 Å². The quantitative estimate of drug-likeness (QED) is 0.320. The third-order valence-corrected chi connectivity index (χ3v) is 2.42. The standard InChI is InChI=1S/C14H16N2O2/c1-18-14-9-7-12(8-10-14)5-3-2-4-6-13(17)11-16-15/h3,5,7-11H,2,4,6H2,1H3/b5-3+. The average Bonchev–Trinajstić information content (AvgIpc) is 2.39. The molecule has 4 nitrogen and oxygen atoms in total. The fourth-order valence-electron chi connectivity index (χ4n) is 1.46. The zero-order chi connectivity index (χ0) is 13.2. The van der Waals surface area contributed by atoms with Crippen molar-refractivity contribution < 1.29 is 14.3 Å². The van der Waals surface area contributed by atoms with Gasteiger partial charge in [-0.05, 0) is 30.5 Å². The molecule has 0 fully saturated rings. The maximum absolute atomic E-state index is 11.0. The van der Waals surface area contributed by atoms with Crippen LogP contribution in [0.5, 0.6) is 5.75 Å². The molecule has 0 aromatic heterocycles. The Morgan fingerprint density at radius 1 is 1.39 bits per heavy atom. The van der Waals surface area contributed by atoms with Crippen LogP contribution in [0, 0.1) is 0 Å². The molecule has 1 aromatic carbocycles. The van der Waals surface area contributed by atoms with Crippen molar-refractivity contribution in [2.24, 2.45) is 0 Å². The fourth-order valence-corrected chi connectivity index (χ4v) is 1.46. The van der Waals surface area contributed by atoms with Crippen molar-refractivity contribution in [3.05, 3.63) is 41.4 Å². The first-order valence-corrected chi connectivity index (χ1v) is 5.77. The second-order valence-electron chi connectivity index (χ2n) is 3.78. The van der Waals surface area contributed by atoms with Crippen LogP contribution in [0.3, 0.4) is 0 Å². The highest BCUT2D eigenvalue weighted by atomic mass is 16.5. The van der Waals surface area contributed by atoms with Gasteiger partial charge in [0, 0.05) is 6.42 Å². The van der Waals surface area contributed by atoms with E-state index >= 15 is 0 Å². The minimum absolute atomic E-state index is 0.157. The highest BCUT2D eigenvalue weighted by molar-refractivity contribution is 6.25. The summed E-state index contributed by atoms with van der Waals surface area (Å²) in [6.45, 7) is 0. The van der Waals surface area contributed by atoms with Gasteiger partial charge in [0.25, 0.3) is 0 Å². The van der Waals surface area contributed by atoms with Crippen LogP contribution < -0.4 is 4.74 Å². The summed E-state index contributed by atoms with van der Waals surface area (Å²) >= 11 is 0. The molecule has 1 rings (SSSR count). The van der Waals surface area contributed by atoms with Crippen LogP contribution in [0.1, 0.15) is 24.8 Å². The number of hydrogen-bond donors (Lipinski definition) is 0. The number of nitrogens with zero attached hydrogens (tertiary/aromatic N) is 2. The highest BCUT2D eigenvalue weighted by Gasteiger charge is 2.00. The van der Waals surface area contributed by atoms with Crippen LogP contribution in [0.4, 0.5) is 0 Å². The molecule has 0 N–H and O–H groups in total.